The molecule has 1 aromatic heterocycles. The van der Waals surface area contributed by atoms with Gasteiger partial charge in [0.2, 0.25) is 11.8 Å². The molecule has 226 valence electrons. The van der Waals surface area contributed by atoms with E-state index in [1.54, 1.807) is 45.1 Å². The van der Waals surface area contributed by atoms with Gasteiger partial charge in [0.25, 0.3) is 5.91 Å². The van der Waals surface area contributed by atoms with E-state index in [9.17, 15) is 24.3 Å². The summed E-state index contributed by atoms with van der Waals surface area (Å²) in [5.74, 6) is -1.82. The minimum absolute atomic E-state index is 0.0149. The zero-order chi connectivity index (χ0) is 30.5. The maximum absolute atomic E-state index is 13.5. The van der Waals surface area contributed by atoms with E-state index in [2.05, 4.69) is 17.2 Å². The van der Waals surface area contributed by atoms with Gasteiger partial charge in [-0.25, -0.2) is 9.78 Å². The predicted molar refractivity (Wildman–Crippen MR) is 155 cm³/mol. The second kappa shape index (κ2) is 16.7. The molecule has 0 fully saturated rings. The molecule has 0 saturated carbocycles. The monoisotopic (exact) mass is 571 g/mol. The molecule has 1 aliphatic heterocycles. The quantitative estimate of drug-likeness (QED) is 0.507. The number of cyclic esters (lactones) is 1. The lowest BCUT2D eigenvalue weighted by molar-refractivity contribution is -0.159. The van der Waals surface area contributed by atoms with Gasteiger partial charge >= 0.3 is 5.97 Å². The number of carbonyl (C=O) groups excluding carboxylic acids is 4. The van der Waals surface area contributed by atoms with Crippen molar-refractivity contribution in [3.05, 3.63) is 53.8 Å². The predicted octanol–water partition coefficient (Wildman–Crippen LogP) is 3.95. The standard InChI is InChI=1S/C31H45N3O7/c1-7-11-21(5)29-22(6)13-14-27(37)32-15-10-12-20(4)16-23(35)17-24(36)18-28-33-25(19-40-28)30(38)34(9-3)26(8-2)31(39)41-29/h10,12-14,16,19,21-23,26,29,35H,7-9,11,15,17-18H2,1-6H3,(H,32,37)/b12-10+,14-13+,20-16+. The number of Topliss-reactive ketones (excluding diaryl/α,β-unsaturated/α-hetero) is 1. The lowest BCUT2D eigenvalue weighted by Gasteiger charge is -2.33. The van der Waals surface area contributed by atoms with Gasteiger partial charge < -0.3 is 24.5 Å². The van der Waals surface area contributed by atoms with Crippen LogP contribution in [0.4, 0.5) is 0 Å². The molecule has 1 aromatic rings. The van der Waals surface area contributed by atoms with E-state index in [4.69, 9.17) is 9.15 Å². The van der Waals surface area contributed by atoms with Gasteiger partial charge in [-0.05, 0) is 38.7 Å². The number of aliphatic hydroxyl groups excluding tert-OH is 1. The van der Waals surface area contributed by atoms with Crippen LogP contribution in [0.3, 0.4) is 0 Å². The van der Waals surface area contributed by atoms with Crippen molar-refractivity contribution in [1.82, 2.24) is 15.2 Å². The Morgan fingerprint density at radius 2 is 1.90 bits per heavy atom. The molecule has 0 spiro atoms. The molecule has 0 radical (unpaired) electrons. The molecule has 0 aromatic carbocycles. The van der Waals surface area contributed by atoms with Crippen molar-refractivity contribution in [3.63, 3.8) is 0 Å². The minimum Gasteiger partial charge on any atom is -0.460 e. The molecular weight excluding hydrogens is 526 g/mol. The molecule has 5 atom stereocenters. The molecule has 0 saturated heterocycles. The van der Waals surface area contributed by atoms with Crippen molar-refractivity contribution in [2.45, 2.75) is 91.9 Å². The maximum atomic E-state index is 13.5. The van der Waals surface area contributed by atoms with Gasteiger partial charge in [0, 0.05) is 25.4 Å². The van der Waals surface area contributed by atoms with E-state index in [0.717, 1.165) is 18.4 Å². The fourth-order valence-electron chi connectivity index (χ4n) is 4.94. The third-order valence-electron chi connectivity index (χ3n) is 7.05. The van der Waals surface area contributed by atoms with Crippen LogP contribution in [-0.4, -0.2) is 69.9 Å². The number of hydrogen-bond donors (Lipinski definition) is 2. The Hall–Kier alpha value is -3.53. The summed E-state index contributed by atoms with van der Waals surface area (Å²) < 4.78 is 11.4. The van der Waals surface area contributed by atoms with E-state index in [1.165, 1.54) is 17.2 Å². The van der Waals surface area contributed by atoms with E-state index in [-0.39, 0.29) is 61.0 Å². The lowest BCUT2D eigenvalue weighted by Crippen LogP contribution is -2.47. The molecule has 2 bridgehead atoms. The fourth-order valence-corrected chi connectivity index (χ4v) is 4.94. The number of fused-ring (bicyclic) bond motifs is 2. The maximum Gasteiger partial charge on any atom is 0.329 e. The molecule has 2 heterocycles. The highest BCUT2D eigenvalue weighted by molar-refractivity contribution is 5.95. The van der Waals surface area contributed by atoms with Crippen LogP contribution >= 0.6 is 0 Å². The zero-order valence-electron chi connectivity index (χ0n) is 25.1. The average molecular weight is 572 g/mol. The number of carbonyl (C=O) groups is 4. The highest BCUT2D eigenvalue weighted by atomic mass is 16.5. The fraction of sp³-hybridized carbons (Fsp3) is 0.581. The first kappa shape index (κ1) is 33.7. The van der Waals surface area contributed by atoms with Crippen LogP contribution in [0.15, 0.2) is 46.6 Å². The van der Waals surface area contributed by atoms with Crippen LogP contribution in [0.1, 0.15) is 83.6 Å². The van der Waals surface area contributed by atoms with E-state index < -0.39 is 30.1 Å². The normalized spacial score (nSPS) is 27.8. The van der Waals surface area contributed by atoms with Crippen LogP contribution in [0, 0.1) is 11.8 Å². The first-order valence-electron chi connectivity index (χ1n) is 14.5. The molecular formula is C31H45N3O7. The largest absolute Gasteiger partial charge is 0.460 e. The van der Waals surface area contributed by atoms with Crippen molar-refractivity contribution in [1.29, 1.82) is 0 Å². The van der Waals surface area contributed by atoms with Gasteiger partial charge in [0.1, 0.15) is 24.2 Å². The van der Waals surface area contributed by atoms with Crippen LogP contribution < -0.4 is 5.32 Å². The van der Waals surface area contributed by atoms with E-state index in [0.29, 0.717) is 6.42 Å². The highest BCUT2D eigenvalue weighted by Crippen LogP contribution is 2.24. The number of ether oxygens (including phenoxy) is 1. The number of nitrogens with one attached hydrogen (secondary N) is 1. The molecule has 2 rings (SSSR count). The summed E-state index contributed by atoms with van der Waals surface area (Å²) in [6.07, 6.45) is 9.58. The number of esters is 1. The number of rotatable bonds is 5. The number of hydrogen-bond acceptors (Lipinski definition) is 8. The molecule has 0 aliphatic carbocycles. The summed E-state index contributed by atoms with van der Waals surface area (Å²) in [6.45, 7) is 11.8. The summed E-state index contributed by atoms with van der Waals surface area (Å²) in [7, 11) is 0. The summed E-state index contributed by atoms with van der Waals surface area (Å²) in [6, 6.07) is -0.858. The Balaban J connectivity index is 2.42. The topological polar surface area (TPSA) is 139 Å². The first-order valence-corrected chi connectivity index (χ1v) is 14.5. The van der Waals surface area contributed by atoms with E-state index >= 15 is 0 Å². The van der Waals surface area contributed by atoms with Gasteiger partial charge in [0.05, 0.1) is 12.5 Å². The SMILES string of the molecule is CCCC(C)C1OC(=O)C(CC)N(CC)C(=O)c2coc(n2)CC(=O)CC(O)/C=C(C)/C=C/CNC(=O)/C=C/C1C. The summed E-state index contributed by atoms with van der Waals surface area (Å²) >= 11 is 0. The Labute approximate surface area is 242 Å². The van der Waals surface area contributed by atoms with Crippen molar-refractivity contribution >= 4 is 23.6 Å². The molecule has 2 amide bonds. The van der Waals surface area contributed by atoms with Crippen molar-refractivity contribution < 1.29 is 33.4 Å². The second-order valence-corrected chi connectivity index (χ2v) is 10.6. The number of aromatic nitrogens is 1. The van der Waals surface area contributed by atoms with Gasteiger partial charge in [-0.1, -0.05) is 64.0 Å². The Bertz CT molecular complexity index is 1140. The van der Waals surface area contributed by atoms with Gasteiger partial charge in [-0.3, -0.25) is 14.4 Å². The molecule has 1 aliphatic rings. The number of amides is 2. The van der Waals surface area contributed by atoms with Gasteiger partial charge in [0.15, 0.2) is 5.69 Å². The second-order valence-electron chi connectivity index (χ2n) is 10.6. The Kier molecular flexibility index (Phi) is 13.7. The molecule has 41 heavy (non-hydrogen) atoms. The number of oxazole rings is 1. The van der Waals surface area contributed by atoms with Crippen molar-refractivity contribution in [2.24, 2.45) is 11.8 Å². The molecule has 10 heteroatoms. The average Bonchev–Trinajstić information content (AvgIpc) is 3.38. The number of allylic oxidation sites excluding steroid dienone is 2. The van der Waals surface area contributed by atoms with Crippen molar-refractivity contribution in [3.8, 4) is 0 Å². The number of aliphatic hydroxyl groups is 1. The minimum atomic E-state index is -1.02. The third kappa shape index (κ3) is 10.4. The summed E-state index contributed by atoms with van der Waals surface area (Å²) in [4.78, 5) is 57.4. The molecule has 5 unspecified atom stereocenters. The third-order valence-corrected chi connectivity index (χ3v) is 7.05. The van der Waals surface area contributed by atoms with Crippen LogP contribution in [0.25, 0.3) is 0 Å². The Morgan fingerprint density at radius 1 is 1.17 bits per heavy atom. The smallest absolute Gasteiger partial charge is 0.329 e. The molecule has 2 N–H and O–H groups in total. The van der Waals surface area contributed by atoms with Crippen LogP contribution in [0.5, 0.6) is 0 Å². The van der Waals surface area contributed by atoms with Crippen molar-refractivity contribution in [2.75, 3.05) is 13.1 Å². The highest BCUT2D eigenvalue weighted by Gasteiger charge is 2.34. The van der Waals surface area contributed by atoms with Gasteiger partial charge in [-0.2, -0.15) is 0 Å². The summed E-state index contributed by atoms with van der Waals surface area (Å²) in [5, 5.41) is 13.1. The van der Waals surface area contributed by atoms with E-state index in [1.807, 2.05) is 13.8 Å². The lowest BCUT2D eigenvalue weighted by atomic mass is 9.89. The molecule has 10 nitrogen and oxygen atoms in total. The number of ketones is 1. The number of likely N-dealkylation sites (N-methyl/N-ethyl adjacent to an activating group) is 1. The number of nitrogens with zero attached hydrogens (tertiary/aromatic N) is 2. The Morgan fingerprint density at radius 3 is 2.56 bits per heavy atom. The first-order chi connectivity index (χ1) is 19.5. The van der Waals surface area contributed by atoms with Crippen LogP contribution in [-0.2, 0) is 25.5 Å². The summed E-state index contributed by atoms with van der Waals surface area (Å²) in [5.41, 5.74) is 0.713. The van der Waals surface area contributed by atoms with Gasteiger partial charge in [-0.15, -0.1) is 0 Å². The van der Waals surface area contributed by atoms with Crippen LogP contribution in [0.2, 0.25) is 0 Å². The zero-order valence-corrected chi connectivity index (χ0v) is 25.1.